The van der Waals surface area contributed by atoms with E-state index in [-0.39, 0.29) is 0 Å². The van der Waals surface area contributed by atoms with Gasteiger partial charge in [-0.1, -0.05) is 30.7 Å². The second kappa shape index (κ2) is 7.04. The average molecular weight is 340 g/mol. The summed E-state index contributed by atoms with van der Waals surface area (Å²) in [5, 5.41) is 4.29. The summed E-state index contributed by atoms with van der Waals surface area (Å²) in [7, 11) is 0. The second-order valence-electron chi connectivity index (χ2n) is 4.36. The molecule has 0 saturated heterocycles. The van der Waals surface area contributed by atoms with Crippen molar-refractivity contribution in [2.45, 2.75) is 25.9 Å². The third kappa shape index (κ3) is 4.30. The van der Waals surface area contributed by atoms with Crippen molar-refractivity contribution < 1.29 is 0 Å². The quantitative estimate of drug-likeness (QED) is 0.851. The summed E-state index contributed by atoms with van der Waals surface area (Å²) in [5.41, 5.74) is 2.29. The minimum atomic E-state index is 0.322. The molecule has 0 bridgehead atoms. The van der Waals surface area contributed by atoms with Gasteiger partial charge in [-0.15, -0.1) is 0 Å². The summed E-state index contributed by atoms with van der Waals surface area (Å²) in [5.74, 6) is 0. The number of aromatic nitrogens is 1. The molecule has 0 saturated carbocycles. The first-order valence-corrected chi connectivity index (χ1v) is 7.45. The van der Waals surface area contributed by atoms with Gasteiger partial charge in [-0.05, 0) is 52.2 Å². The van der Waals surface area contributed by atoms with E-state index in [4.69, 9.17) is 11.6 Å². The van der Waals surface area contributed by atoms with Crippen molar-refractivity contribution in [1.29, 1.82) is 0 Å². The van der Waals surface area contributed by atoms with E-state index in [0.717, 1.165) is 28.2 Å². The summed E-state index contributed by atoms with van der Waals surface area (Å²) in [6.07, 6.45) is 2.85. The molecular formula is C15H16BrClN2. The fourth-order valence-electron chi connectivity index (χ4n) is 1.93. The zero-order valence-electron chi connectivity index (χ0n) is 10.7. The normalized spacial score (nSPS) is 12.4. The minimum Gasteiger partial charge on any atom is -0.304 e. The summed E-state index contributed by atoms with van der Waals surface area (Å²) in [6, 6.07) is 12.3. The molecule has 0 spiro atoms. The first-order chi connectivity index (χ1) is 9.19. The van der Waals surface area contributed by atoms with E-state index in [9.17, 15) is 0 Å². The molecule has 1 unspecified atom stereocenters. The molecule has 100 valence electrons. The molecule has 2 nitrogen and oxygen atoms in total. The Kier molecular flexibility index (Phi) is 5.37. The highest BCUT2D eigenvalue weighted by molar-refractivity contribution is 9.10. The van der Waals surface area contributed by atoms with Crippen LogP contribution in [0.2, 0.25) is 5.02 Å². The Balaban J connectivity index is 1.99. The van der Waals surface area contributed by atoms with Crippen LogP contribution in [0.15, 0.2) is 47.1 Å². The maximum absolute atomic E-state index is 5.91. The van der Waals surface area contributed by atoms with Crippen LogP contribution in [-0.2, 0) is 6.54 Å². The molecule has 4 heteroatoms. The van der Waals surface area contributed by atoms with E-state index in [1.807, 2.05) is 30.5 Å². The van der Waals surface area contributed by atoms with Gasteiger partial charge in [0, 0.05) is 28.3 Å². The van der Waals surface area contributed by atoms with Crippen molar-refractivity contribution >= 4 is 27.5 Å². The van der Waals surface area contributed by atoms with Crippen LogP contribution in [0.4, 0.5) is 0 Å². The fraction of sp³-hybridized carbons (Fsp3) is 0.267. The number of nitrogens with zero attached hydrogens (tertiary/aromatic N) is 1. The number of pyridine rings is 1. The van der Waals surface area contributed by atoms with Gasteiger partial charge in [-0.25, -0.2) is 0 Å². The van der Waals surface area contributed by atoms with Gasteiger partial charge in [0.1, 0.15) is 0 Å². The number of nitrogens with one attached hydrogen (secondary N) is 1. The van der Waals surface area contributed by atoms with Gasteiger partial charge in [0.2, 0.25) is 0 Å². The second-order valence-corrected chi connectivity index (χ2v) is 5.71. The molecule has 0 amide bonds. The lowest BCUT2D eigenvalue weighted by Gasteiger charge is -2.17. The molecule has 1 aromatic heterocycles. The van der Waals surface area contributed by atoms with Gasteiger partial charge < -0.3 is 5.32 Å². The maximum atomic E-state index is 5.91. The zero-order chi connectivity index (χ0) is 13.7. The van der Waals surface area contributed by atoms with Crippen molar-refractivity contribution in [2.24, 2.45) is 0 Å². The van der Waals surface area contributed by atoms with Crippen LogP contribution in [0.25, 0.3) is 0 Å². The molecule has 2 rings (SSSR count). The maximum Gasteiger partial charge on any atom is 0.0542 e. The van der Waals surface area contributed by atoms with Crippen LogP contribution in [0.5, 0.6) is 0 Å². The highest BCUT2D eigenvalue weighted by Gasteiger charge is 2.08. The third-order valence-corrected chi connectivity index (χ3v) is 3.72. The van der Waals surface area contributed by atoms with Crippen LogP contribution in [0, 0.1) is 0 Å². The van der Waals surface area contributed by atoms with Crippen LogP contribution in [0.3, 0.4) is 0 Å². The lowest BCUT2D eigenvalue weighted by molar-refractivity contribution is 0.514. The zero-order valence-corrected chi connectivity index (χ0v) is 13.1. The van der Waals surface area contributed by atoms with Crippen LogP contribution >= 0.6 is 27.5 Å². The summed E-state index contributed by atoms with van der Waals surface area (Å²) in [6.45, 7) is 2.93. The lowest BCUT2D eigenvalue weighted by atomic mass is 10.0. The largest absolute Gasteiger partial charge is 0.304 e. The molecule has 19 heavy (non-hydrogen) atoms. The molecule has 0 radical (unpaired) electrons. The summed E-state index contributed by atoms with van der Waals surface area (Å²) >= 11 is 9.30. The molecule has 2 aromatic rings. The molecule has 0 aliphatic rings. The van der Waals surface area contributed by atoms with E-state index < -0.39 is 0 Å². The fourth-order valence-corrected chi connectivity index (χ4v) is 2.29. The van der Waals surface area contributed by atoms with Gasteiger partial charge in [0.25, 0.3) is 0 Å². The topological polar surface area (TPSA) is 24.9 Å². The van der Waals surface area contributed by atoms with Crippen molar-refractivity contribution in [1.82, 2.24) is 10.3 Å². The molecular weight excluding hydrogens is 324 g/mol. The smallest absolute Gasteiger partial charge is 0.0542 e. The number of rotatable bonds is 5. The molecule has 1 aromatic carbocycles. The lowest BCUT2D eigenvalue weighted by Crippen LogP contribution is -2.20. The van der Waals surface area contributed by atoms with Gasteiger partial charge in [0.05, 0.1) is 5.69 Å². The number of hydrogen-bond acceptors (Lipinski definition) is 2. The molecule has 0 fully saturated rings. The monoisotopic (exact) mass is 338 g/mol. The van der Waals surface area contributed by atoms with Crippen molar-refractivity contribution in [3.05, 3.63) is 63.3 Å². The summed E-state index contributed by atoms with van der Waals surface area (Å²) in [4.78, 5) is 4.36. The molecule has 0 aliphatic carbocycles. The highest BCUT2D eigenvalue weighted by atomic mass is 79.9. The van der Waals surface area contributed by atoms with E-state index >= 15 is 0 Å². The third-order valence-electron chi connectivity index (χ3n) is 3.00. The Bertz CT molecular complexity index is 511. The van der Waals surface area contributed by atoms with Crippen LogP contribution in [0.1, 0.15) is 30.6 Å². The van der Waals surface area contributed by atoms with E-state index in [2.05, 4.69) is 45.3 Å². The SMILES string of the molecule is CCC(NCc1ccc(Br)cn1)c1ccc(Cl)cc1. The van der Waals surface area contributed by atoms with Gasteiger partial charge in [-0.2, -0.15) is 0 Å². The Hall–Kier alpha value is -0.900. The van der Waals surface area contributed by atoms with E-state index in [1.54, 1.807) is 0 Å². The molecule has 0 aliphatic heterocycles. The highest BCUT2D eigenvalue weighted by Crippen LogP contribution is 2.19. The molecule has 1 N–H and O–H groups in total. The van der Waals surface area contributed by atoms with Crippen molar-refractivity contribution in [3.63, 3.8) is 0 Å². The number of benzene rings is 1. The first-order valence-electron chi connectivity index (χ1n) is 6.28. The molecule has 1 heterocycles. The van der Waals surface area contributed by atoms with Gasteiger partial charge in [0.15, 0.2) is 0 Å². The summed E-state index contributed by atoms with van der Waals surface area (Å²) < 4.78 is 1.00. The van der Waals surface area contributed by atoms with Gasteiger partial charge in [-0.3, -0.25) is 4.98 Å². The first kappa shape index (κ1) is 14.5. The standard InChI is InChI=1S/C15H16BrClN2/c1-2-15(11-3-6-13(17)7-4-11)19-10-14-8-5-12(16)9-18-14/h3-9,15,19H,2,10H2,1H3. The van der Waals surface area contributed by atoms with Crippen LogP contribution < -0.4 is 5.32 Å². The Morgan fingerprint density at radius 1 is 1.21 bits per heavy atom. The number of hydrogen-bond donors (Lipinski definition) is 1. The van der Waals surface area contributed by atoms with E-state index in [1.165, 1.54) is 5.56 Å². The Morgan fingerprint density at radius 2 is 1.95 bits per heavy atom. The van der Waals surface area contributed by atoms with Gasteiger partial charge >= 0.3 is 0 Å². The van der Waals surface area contributed by atoms with Crippen molar-refractivity contribution in [3.8, 4) is 0 Å². The van der Waals surface area contributed by atoms with Crippen LogP contribution in [-0.4, -0.2) is 4.98 Å². The minimum absolute atomic E-state index is 0.322. The predicted molar refractivity (Wildman–Crippen MR) is 83.3 cm³/mol. The molecule has 1 atom stereocenters. The number of halogens is 2. The average Bonchev–Trinajstić information content (AvgIpc) is 2.43. The predicted octanol–water partition coefficient (Wildman–Crippen LogP) is 4.74. The van der Waals surface area contributed by atoms with Crippen molar-refractivity contribution in [2.75, 3.05) is 0 Å². The Labute approximate surface area is 127 Å². The Morgan fingerprint density at radius 3 is 2.53 bits per heavy atom. The van der Waals surface area contributed by atoms with E-state index in [0.29, 0.717) is 6.04 Å².